The highest BCUT2D eigenvalue weighted by atomic mass is 16.4. The Morgan fingerprint density at radius 2 is 0.655 bits per heavy atom. The third-order valence-corrected chi connectivity index (χ3v) is 5.47. The van der Waals surface area contributed by atoms with E-state index in [-0.39, 0.29) is 19.6 Å². The molecule has 0 radical (unpaired) electrons. The van der Waals surface area contributed by atoms with Crippen LogP contribution in [0.25, 0.3) is 0 Å². The fourth-order valence-electron chi connectivity index (χ4n) is 3.75. The van der Waals surface area contributed by atoms with E-state index in [1.807, 2.05) is 14.7 Å². The van der Waals surface area contributed by atoms with Crippen LogP contribution in [-0.2, 0) is 14.4 Å². The van der Waals surface area contributed by atoms with Crippen LogP contribution in [0.4, 0.5) is 0 Å². The van der Waals surface area contributed by atoms with Gasteiger partial charge in [-0.05, 0) is 0 Å². The maximum Gasteiger partial charge on any atom is 0.317 e. The van der Waals surface area contributed by atoms with Crippen molar-refractivity contribution in [2.24, 2.45) is 0 Å². The Labute approximate surface area is 171 Å². The SMILES string of the molecule is O=C(O)CN1CCN2CCN(CC(=O)O)CCN(CC1)CCN(CC(=O)O)CC2. The molecule has 0 amide bonds. The maximum absolute atomic E-state index is 11.2. The van der Waals surface area contributed by atoms with Gasteiger partial charge in [0.2, 0.25) is 0 Å². The van der Waals surface area contributed by atoms with E-state index in [0.29, 0.717) is 78.5 Å². The fraction of sp³-hybridized carbons (Fsp3) is 0.833. The summed E-state index contributed by atoms with van der Waals surface area (Å²) >= 11 is 0. The molecule has 0 aromatic carbocycles. The minimum atomic E-state index is -0.845. The van der Waals surface area contributed by atoms with E-state index in [1.54, 1.807) is 0 Å². The van der Waals surface area contributed by atoms with E-state index < -0.39 is 17.9 Å². The molecule has 3 saturated heterocycles. The first-order valence-electron chi connectivity index (χ1n) is 10.1. The van der Waals surface area contributed by atoms with Crippen molar-refractivity contribution >= 4 is 17.9 Å². The third kappa shape index (κ3) is 9.50. The van der Waals surface area contributed by atoms with Crippen LogP contribution >= 0.6 is 0 Å². The number of rotatable bonds is 6. The van der Waals surface area contributed by atoms with Crippen LogP contribution in [0.3, 0.4) is 0 Å². The summed E-state index contributed by atoms with van der Waals surface area (Å²) in [6.45, 7) is 7.62. The fourth-order valence-corrected chi connectivity index (χ4v) is 3.75. The lowest BCUT2D eigenvalue weighted by Crippen LogP contribution is -2.51. The summed E-state index contributed by atoms with van der Waals surface area (Å²) in [7, 11) is 0. The van der Waals surface area contributed by atoms with E-state index in [4.69, 9.17) is 0 Å². The van der Waals surface area contributed by atoms with E-state index in [2.05, 4.69) is 9.80 Å². The van der Waals surface area contributed by atoms with Crippen LogP contribution in [0.15, 0.2) is 0 Å². The molecule has 0 atom stereocenters. The van der Waals surface area contributed by atoms with Gasteiger partial charge < -0.3 is 15.3 Å². The van der Waals surface area contributed by atoms with Gasteiger partial charge in [-0.25, -0.2) is 0 Å². The third-order valence-electron chi connectivity index (χ3n) is 5.47. The number of aliphatic carboxylic acids is 3. The summed E-state index contributed by atoms with van der Waals surface area (Å²) in [5.74, 6) is -2.53. The molecule has 0 unspecified atom stereocenters. The van der Waals surface area contributed by atoms with E-state index in [0.717, 1.165) is 0 Å². The molecular formula is C18H33N5O6. The second-order valence-electron chi connectivity index (χ2n) is 7.69. The average Bonchev–Trinajstić information content (AvgIpc) is 2.61. The summed E-state index contributed by atoms with van der Waals surface area (Å²) in [6.07, 6.45) is 0. The lowest BCUT2D eigenvalue weighted by atomic mass is 10.3. The lowest BCUT2D eigenvalue weighted by molar-refractivity contribution is -0.139. The summed E-state index contributed by atoms with van der Waals surface area (Å²) in [5, 5.41) is 27.6. The van der Waals surface area contributed by atoms with Gasteiger partial charge in [0.1, 0.15) is 0 Å². The van der Waals surface area contributed by atoms with Crippen LogP contribution in [0.5, 0.6) is 0 Å². The zero-order valence-corrected chi connectivity index (χ0v) is 16.9. The van der Waals surface area contributed by atoms with Crippen LogP contribution in [0, 0.1) is 0 Å². The van der Waals surface area contributed by atoms with Gasteiger partial charge in [-0.15, -0.1) is 0 Å². The van der Waals surface area contributed by atoms with Gasteiger partial charge in [-0.3, -0.25) is 38.9 Å². The molecule has 0 aliphatic carbocycles. The van der Waals surface area contributed by atoms with Crippen molar-refractivity contribution in [2.45, 2.75) is 0 Å². The van der Waals surface area contributed by atoms with Gasteiger partial charge in [0.25, 0.3) is 0 Å². The van der Waals surface area contributed by atoms with E-state index >= 15 is 0 Å². The predicted molar refractivity (Wildman–Crippen MR) is 105 cm³/mol. The molecular weight excluding hydrogens is 382 g/mol. The van der Waals surface area contributed by atoms with Crippen molar-refractivity contribution in [2.75, 3.05) is 98.2 Å². The number of carboxylic acid groups (broad SMARTS) is 3. The minimum absolute atomic E-state index is 0.00203. The molecule has 3 aliphatic heterocycles. The number of nitrogens with zero attached hydrogens (tertiary/aromatic N) is 5. The minimum Gasteiger partial charge on any atom is -0.480 e. The van der Waals surface area contributed by atoms with Crippen molar-refractivity contribution in [1.82, 2.24) is 24.5 Å². The Morgan fingerprint density at radius 1 is 0.448 bits per heavy atom. The Hall–Kier alpha value is -1.79. The Morgan fingerprint density at radius 3 is 0.828 bits per heavy atom. The van der Waals surface area contributed by atoms with Crippen molar-refractivity contribution in [3.05, 3.63) is 0 Å². The molecule has 3 N–H and O–H groups in total. The molecule has 3 heterocycles. The van der Waals surface area contributed by atoms with Gasteiger partial charge in [-0.2, -0.15) is 0 Å². The van der Waals surface area contributed by atoms with Crippen molar-refractivity contribution in [3.8, 4) is 0 Å². The number of carbonyl (C=O) groups is 3. The van der Waals surface area contributed by atoms with Gasteiger partial charge in [0, 0.05) is 78.5 Å². The zero-order valence-electron chi connectivity index (χ0n) is 16.9. The van der Waals surface area contributed by atoms with Crippen LogP contribution < -0.4 is 0 Å². The number of carboxylic acids is 3. The maximum atomic E-state index is 11.2. The highest BCUT2D eigenvalue weighted by molar-refractivity contribution is 5.69. The molecule has 11 heteroatoms. The Kier molecular flexibility index (Phi) is 9.74. The largest absolute Gasteiger partial charge is 0.480 e. The van der Waals surface area contributed by atoms with Crippen molar-refractivity contribution in [1.29, 1.82) is 0 Å². The molecule has 3 rings (SSSR count). The first kappa shape index (κ1) is 23.5. The van der Waals surface area contributed by atoms with Gasteiger partial charge >= 0.3 is 17.9 Å². The highest BCUT2D eigenvalue weighted by Gasteiger charge is 2.21. The monoisotopic (exact) mass is 415 g/mol. The second kappa shape index (κ2) is 12.0. The van der Waals surface area contributed by atoms with Crippen LogP contribution in [0.2, 0.25) is 0 Å². The molecule has 29 heavy (non-hydrogen) atoms. The summed E-state index contributed by atoms with van der Waals surface area (Å²) in [6, 6.07) is 0. The molecule has 0 aromatic rings. The number of fused-ring (bicyclic) bond motifs is 12. The first-order valence-corrected chi connectivity index (χ1v) is 10.1. The number of hydrogen-bond donors (Lipinski definition) is 3. The van der Waals surface area contributed by atoms with Crippen LogP contribution in [0.1, 0.15) is 0 Å². The summed E-state index contributed by atoms with van der Waals surface area (Å²) in [5.41, 5.74) is 0. The van der Waals surface area contributed by atoms with Gasteiger partial charge in [0.15, 0.2) is 0 Å². The molecule has 0 saturated carbocycles. The molecule has 3 aliphatic rings. The summed E-state index contributed by atoms with van der Waals surface area (Å²) in [4.78, 5) is 43.8. The molecule has 0 aromatic heterocycles. The molecule has 11 nitrogen and oxygen atoms in total. The highest BCUT2D eigenvalue weighted by Crippen LogP contribution is 2.04. The van der Waals surface area contributed by atoms with Gasteiger partial charge in [0.05, 0.1) is 19.6 Å². The Bertz CT molecular complexity index is 463. The predicted octanol–water partition coefficient (Wildman–Crippen LogP) is -2.22. The second-order valence-corrected chi connectivity index (χ2v) is 7.69. The van der Waals surface area contributed by atoms with Gasteiger partial charge in [-0.1, -0.05) is 0 Å². The summed E-state index contributed by atoms with van der Waals surface area (Å²) < 4.78 is 0. The smallest absolute Gasteiger partial charge is 0.317 e. The topological polar surface area (TPSA) is 128 Å². The lowest BCUT2D eigenvalue weighted by Gasteiger charge is -2.36. The zero-order chi connectivity index (χ0) is 21.2. The van der Waals surface area contributed by atoms with E-state index in [1.165, 1.54) is 0 Å². The average molecular weight is 415 g/mol. The molecule has 166 valence electrons. The van der Waals surface area contributed by atoms with E-state index in [9.17, 15) is 29.7 Å². The normalized spacial score (nSPS) is 26.5. The Balaban J connectivity index is 2.16. The van der Waals surface area contributed by atoms with Crippen molar-refractivity contribution in [3.63, 3.8) is 0 Å². The van der Waals surface area contributed by atoms with Crippen molar-refractivity contribution < 1.29 is 29.7 Å². The quantitative estimate of drug-likeness (QED) is 0.436. The standard InChI is InChI=1S/C18H33N5O6/c24-16(25)13-21-7-1-19-2-8-22(14-17(26)27)11-5-20(4-10-21)6-12-23(9-3-19)15-18(28)29/h1-15H2,(H,24,25)(H,26,27)(H,28,29). The molecule has 3 fully saturated rings. The first-order chi connectivity index (χ1) is 13.8. The van der Waals surface area contributed by atoms with Crippen LogP contribution in [-0.4, -0.2) is 156 Å². The molecule has 2 bridgehead atoms. The molecule has 0 spiro atoms. The number of hydrogen-bond acceptors (Lipinski definition) is 8.